The van der Waals surface area contributed by atoms with E-state index in [1.165, 1.54) is 0 Å². The number of hydrogen-bond donors (Lipinski definition) is 1. The van der Waals surface area contributed by atoms with Gasteiger partial charge in [0, 0.05) is 5.92 Å². The molecule has 0 radical (unpaired) electrons. The molecule has 1 nitrogen and oxygen atoms in total. The molecular formula is C10H9BrO. The first-order valence-corrected chi connectivity index (χ1v) is 4.39. The van der Waals surface area contributed by atoms with Gasteiger partial charge in [-0.3, -0.25) is 0 Å². The van der Waals surface area contributed by atoms with Crippen LogP contribution in [0.15, 0.2) is 22.7 Å². The molecule has 1 atom stereocenters. The van der Waals surface area contributed by atoms with Crippen molar-refractivity contribution in [1.29, 1.82) is 0 Å². The summed E-state index contributed by atoms with van der Waals surface area (Å²) >= 11 is 3.22. The van der Waals surface area contributed by atoms with Gasteiger partial charge in [0.2, 0.25) is 0 Å². The largest absolute Gasteiger partial charge is 0.507 e. The van der Waals surface area contributed by atoms with Crippen LogP contribution >= 0.6 is 15.9 Å². The van der Waals surface area contributed by atoms with E-state index < -0.39 is 0 Å². The Morgan fingerprint density at radius 3 is 2.75 bits per heavy atom. The molecule has 12 heavy (non-hydrogen) atoms. The Morgan fingerprint density at radius 1 is 1.58 bits per heavy atom. The molecule has 1 aromatic carbocycles. The Labute approximate surface area is 80.6 Å². The van der Waals surface area contributed by atoms with Gasteiger partial charge in [0.15, 0.2) is 0 Å². The highest BCUT2D eigenvalue weighted by Crippen LogP contribution is 2.27. The standard InChI is InChI=1S/C10H9BrO/c1-3-7(2)8-4-5-10(12)9(11)6-8/h1,4-7,12H,2H3. The fourth-order valence-corrected chi connectivity index (χ4v) is 1.29. The summed E-state index contributed by atoms with van der Waals surface area (Å²) in [4.78, 5) is 0. The van der Waals surface area contributed by atoms with Crippen LogP contribution in [0.25, 0.3) is 0 Å². The molecule has 0 amide bonds. The number of aromatic hydroxyl groups is 1. The van der Waals surface area contributed by atoms with Crippen molar-refractivity contribution in [3.63, 3.8) is 0 Å². The summed E-state index contributed by atoms with van der Waals surface area (Å²) in [7, 11) is 0. The monoisotopic (exact) mass is 224 g/mol. The minimum absolute atomic E-state index is 0.0851. The number of hydrogen-bond acceptors (Lipinski definition) is 1. The average molecular weight is 225 g/mol. The number of terminal acetylenes is 1. The minimum Gasteiger partial charge on any atom is -0.507 e. The molecule has 1 rings (SSSR count). The van der Waals surface area contributed by atoms with Crippen LogP contribution in [-0.2, 0) is 0 Å². The molecule has 0 aromatic heterocycles. The zero-order chi connectivity index (χ0) is 9.14. The zero-order valence-corrected chi connectivity index (χ0v) is 8.30. The molecule has 0 bridgehead atoms. The second kappa shape index (κ2) is 3.64. The number of phenolic OH excluding ortho intramolecular Hbond substituents is 1. The first kappa shape index (κ1) is 9.15. The maximum Gasteiger partial charge on any atom is 0.129 e. The van der Waals surface area contributed by atoms with Crippen molar-refractivity contribution in [2.45, 2.75) is 12.8 Å². The van der Waals surface area contributed by atoms with E-state index in [-0.39, 0.29) is 11.7 Å². The van der Waals surface area contributed by atoms with Gasteiger partial charge in [-0.1, -0.05) is 12.0 Å². The second-order valence-electron chi connectivity index (χ2n) is 2.60. The van der Waals surface area contributed by atoms with Crippen LogP contribution in [0.1, 0.15) is 18.4 Å². The quantitative estimate of drug-likeness (QED) is 0.728. The number of rotatable bonds is 1. The van der Waals surface area contributed by atoms with E-state index in [9.17, 15) is 5.11 Å². The van der Waals surface area contributed by atoms with Crippen molar-refractivity contribution < 1.29 is 5.11 Å². The molecule has 2 heteroatoms. The van der Waals surface area contributed by atoms with Gasteiger partial charge in [-0.05, 0) is 40.5 Å². The van der Waals surface area contributed by atoms with Crippen LogP contribution in [0.3, 0.4) is 0 Å². The van der Waals surface area contributed by atoms with Crippen molar-refractivity contribution >= 4 is 15.9 Å². The summed E-state index contributed by atoms with van der Waals surface area (Å²) in [6.45, 7) is 1.94. The lowest BCUT2D eigenvalue weighted by Crippen LogP contribution is -1.88. The fourth-order valence-electron chi connectivity index (χ4n) is 0.889. The average Bonchev–Trinajstić information content (AvgIpc) is 2.08. The predicted octanol–water partition coefficient (Wildman–Crippen LogP) is 2.89. The third-order valence-corrected chi connectivity index (χ3v) is 2.36. The van der Waals surface area contributed by atoms with Crippen molar-refractivity contribution in [2.75, 3.05) is 0 Å². The van der Waals surface area contributed by atoms with Gasteiger partial charge < -0.3 is 5.11 Å². The van der Waals surface area contributed by atoms with Crippen molar-refractivity contribution in [2.24, 2.45) is 0 Å². The molecule has 1 aromatic rings. The number of benzene rings is 1. The summed E-state index contributed by atoms with van der Waals surface area (Å²) in [6.07, 6.45) is 5.26. The van der Waals surface area contributed by atoms with Gasteiger partial charge in [0.1, 0.15) is 5.75 Å². The lowest BCUT2D eigenvalue weighted by Gasteiger charge is -2.05. The number of halogens is 1. The Kier molecular flexibility index (Phi) is 2.78. The molecule has 1 N–H and O–H groups in total. The van der Waals surface area contributed by atoms with Crippen LogP contribution in [0, 0.1) is 12.3 Å². The van der Waals surface area contributed by atoms with E-state index in [0.717, 1.165) is 5.56 Å². The van der Waals surface area contributed by atoms with E-state index >= 15 is 0 Å². The Morgan fingerprint density at radius 2 is 2.25 bits per heavy atom. The molecule has 0 heterocycles. The minimum atomic E-state index is 0.0851. The van der Waals surface area contributed by atoms with Crippen LogP contribution in [0.2, 0.25) is 0 Å². The topological polar surface area (TPSA) is 20.2 Å². The summed E-state index contributed by atoms with van der Waals surface area (Å²) in [5, 5.41) is 9.20. The molecule has 62 valence electrons. The van der Waals surface area contributed by atoms with Gasteiger partial charge >= 0.3 is 0 Å². The maximum absolute atomic E-state index is 9.20. The fraction of sp³-hybridized carbons (Fsp3) is 0.200. The smallest absolute Gasteiger partial charge is 0.129 e. The molecule has 0 aliphatic rings. The van der Waals surface area contributed by atoms with Crippen LogP contribution in [-0.4, -0.2) is 5.11 Å². The summed E-state index contributed by atoms with van der Waals surface area (Å²) in [6, 6.07) is 5.29. The number of phenols is 1. The van der Waals surface area contributed by atoms with Gasteiger partial charge in [0.05, 0.1) is 4.47 Å². The third kappa shape index (κ3) is 1.80. The first-order chi connectivity index (χ1) is 5.65. The van der Waals surface area contributed by atoms with Gasteiger partial charge in [-0.25, -0.2) is 0 Å². The second-order valence-corrected chi connectivity index (χ2v) is 3.45. The van der Waals surface area contributed by atoms with Crippen LogP contribution < -0.4 is 0 Å². The molecule has 0 aliphatic heterocycles. The van der Waals surface area contributed by atoms with Crippen molar-refractivity contribution in [3.8, 4) is 18.1 Å². The summed E-state index contributed by atoms with van der Waals surface area (Å²) in [5.74, 6) is 2.95. The lowest BCUT2D eigenvalue weighted by atomic mass is 10.0. The van der Waals surface area contributed by atoms with E-state index in [0.29, 0.717) is 4.47 Å². The Balaban J connectivity index is 3.06. The molecule has 0 fully saturated rings. The normalized spacial score (nSPS) is 12.1. The summed E-state index contributed by atoms with van der Waals surface area (Å²) in [5.41, 5.74) is 1.03. The van der Waals surface area contributed by atoms with E-state index in [2.05, 4.69) is 21.9 Å². The van der Waals surface area contributed by atoms with Crippen molar-refractivity contribution in [1.82, 2.24) is 0 Å². The molecule has 0 saturated carbocycles. The first-order valence-electron chi connectivity index (χ1n) is 3.59. The van der Waals surface area contributed by atoms with E-state index in [1.54, 1.807) is 6.07 Å². The molecular weight excluding hydrogens is 216 g/mol. The van der Waals surface area contributed by atoms with E-state index in [4.69, 9.17) is 6.42 Å². The highest BCUT2D eigenvalue weighted by molar-refractivity contribution is 9.10. The van der Waals surface area contributed by atoms with Gasteiger partial charge in [0.25, 0.3) is 0 Å². The lowest BCUT2D eigenvalue weighted by molar-refractivity contribution is 0.471. The van der Waals surface area contributed by atoms with Gasteiger partial charge in [-0.15, -0.1) is 6.42 Å². The molecule has 0 saturated heterocycles. The molecule has 1 unspecified atom stereocenters. The van der Waals surface area contributed by atoms with Crippen LogP contribution in [0.4, 0.5) is 0 Å². The highest BCUT2D eigenvalue weighted by Gasteiger charge is 2.03. The molecule has 0 aliphatic carbocycles. The molecule has 0 spiro atoms. The van der Waals surface area contributed by atoms with Crippen LogP contribution in [0.5, 0.6) is 5.75 Å². The Bertz CT molecular complexity index is 325. The van der Waals surface area contributed by atoms with E-state index in [1.807, 2.05) is 19.1 Å². The zero-order valence-electron chi connectivity index (χ0n) is 6.71. The SMILES string of the molecule is C#CC(C)c1ccc(O)c(Br)c1. The summed E-state index contributed by atoms with van der Waals surface area (Å²) < 4.78 is 0.683. The van der Waals surface area contributed by atoms with Crippen molar-refractivity contribution in [3.05, 3.63) is 28.2 Å². The third-order valence-electron chi connectivity index (χ3n) is 1.72. The predicted molar refractivity (Wildman–Crippen MR) is 53.1 cm³/mol. The Hall–Kier alpha value is -0.940. The highest BCUT2D eigenvalue weighted by atomic mass is 79.9. The maximum atomic E-state index is 9.20. The van der Waals surface area contributed by atoms with Gasteiger partial charge in [-0.2, -0.15) is 0 Å².